The number of nitrogens with one attached hydrogen (secondary N) is 4. The number of carboxylic acid groups (broad SMARTS) is 1. The third-order valence-electron chi connectivity index (χ3n) is 11.2. The van der Waals surface area contributed by atoms with E-state index in [2.05, 4.69) is 30.6 Å². The van der Waals surface area contributed by atoms with Crippen LogP contribution in [-0.2, 0) is 19.1 Å². The molecule has 2 fully saturated rings. The van der Waals surface area contributed by atoms with Gasteiger partial charge in [-0.25, -0.2) is 19.6 Å². The molecule has 2 saturated heterocycles. The van der Waals surface area contributed by atoms with E-state index < -0.39 is 24.3 Å². The summed E-state index contributed by atoms with van der Waals surface area (Å²) in [5.74, 6) is 0.456. The van der Waals surface area contributed by atoms with E-state index in [1.165, 1.54) is 7.11 Å². The maximum Gasteiger partial charge on any atom is 0.407 e. The predicted octanol–water partition coefficient (Wildman–Crippen LogP) is 7.05. The van der Waals surface area contributed by atoms with Gasteiger partial charge in [0.25, 0.3) is 0 Å². The summed E-state index contributed by atoms with van der Waals surface area (Å²) in [6.45, 7) is 10.3. The van der Waals surface area contributed by atoms with Crippen molar-refractivity contribution in [1.29, 1.82) is 0 Å². The second-order valence-electron chi connectivity index (χ2n) is 15.9. The Labute approximate surface area is 343 Å². The highest BCUT2D eigenvalue weighted by Crippen LogP contribution is 2.39. The molecule has 0 bridgehead atoms. The number of halogens is 1. The van der Waals surface area contributed by atoms with Gasteiger partial charge in [-0.05, 0) is 54.7 Å². The fourth-order valence-electron chi connectivity index (χ4n) is 8.13. The third-order valence-corrected chi connectivity index (χ3v) is 11.5. The van der Waals surface area contributed by atoms with E-state index in [0.717, 1.165) is 34.4 Å². The second-order valence-corrected chi connectivity index (χ2v) is 16.3. The van der Waals surface area contributed by atoms with Gasteiger partial charge in [-0.3, -0.25) is 9.59 Å². The number of amides is 4. The van der Waals surface area contributed by atoms with E-state index in [0.29, 0.717) is 48.5 Å². The summed E-state index contributed by atoms with van der Waals surface area (Å²) >= 11 is 6.71. The summed E-state index contributed by atoms with van der Waals surface area (Å²) in [6, 6.07) is 13.7. The van der Waals surface area contributed by atoms with Crippen molar-refractivity contribution >= 4 is 35.6 Å². The van der Waals surface area contributed by atoms with Gasteiger partial charge in [-0.15, -0.1) is 0 Å². The first-order chi connectivity index (χ1) is 27.7. The minimum absolute atomic E-state index is 0.0546. The summed E-state index contributed by atoms with van der Waals surface area (Å²) in [7, 11) is 2.90. The number of carbonyl (C=O) groups excluding carboxylic acids is 3. The van der Waals surface area contributed by atoms with Gasteiger partial charge in [0.1, 0.15) is 23.7 Å². The number of H-pyrrole nitrogens is 2. The van der Waals surface area contributed by atoms with Crippen LogP contribution in [0, 0.1) is 17.8 Å². The van der Waals surface area contributed by atoms with E-state index in [9.17, 15) is 24.3 Å². The van der Waals surface area contributed by atoms with Crippen molar-refractivity contribution in [2.24, 2.45) is 17.8 Å². The summed E-state index contributed by atoms with van der Waals surface area (Å²) in [4.78, 5) is 70.7. The van der Waals surface area contributed by atoms with Crippen LogP contribution in [0.4, 0.5) is 9.59 Å². The molecule has 6 atom stereocenters. The molecule has 1 unspecified atom stereocenters. The van der Waals surface area contributed by atoms with Crippen molar-refractivity contribution in [3.63, 3.8) is 0 Å². The molecule has 2 aliphatic rings. The highest BCUT2D eigenvalue weighted by molar-refractivity contribution is 6.31. The van der Waals surface area contributed by atoms with Crippen LogP contribution in [0.5, 0.6) is 0 Å². The first kappa shape index (κ1) is 42.2. The zero-order valence-corrected chi connectivity index (χ0v) is 34.7. The first-order valence-electron chi connectivity index (χ1n) is 19.7. The number of alkyl carbamates (subject to hydrolysis) is 1. The Balaban J connectivity index is 1.16. The minimum Gasteiger partial charge on any atom is -0.465 e. The molecular weight excluding hydrogens is 764 g/mol. The molecule has 0 aliphatic carbocycles. The average molecular weight is 817 g/mol. The Bertz CT molecular complexity index is 2080. The average Bonchev–Trinajstić information content (AvgIpc) is 4.01. The number of likely N-dealkylation sites (tertiary alicyclic amines) is 2. The van der Waals surface area contributed by atoms with Gasteiger partial charge in [-0.1, -0.05) is 87.8 Å². The predicted molar refractivity (Wildman–Crippen MR) is 219 cm³/mol. The topological polar surface area (TPSA) is 195 Å². The minimum atomic E-state index is -1.24. The normalized spacial score (nSPS) is 20.4. The van der Waals surface area contributed by atoms with Crippen LogP contribution in [0.2, 0.25) is 5.15 Å². The summed E-state index contributed by atoms with van der Waals surface area (Å²) in [6.07, 6.45) is 1.98. The number of rotatable bonds is 13. The van der Waals surface area contributed by atoms with Gasteiger partial charge < -0.3 is 45.0 Å². The van der Waals surface area contributed by atoms with E-state index in [4.69, 9.17) is 21.1 Å². The molecule has 15 nitrogen and oxygen atoms in total. The number of benzene rings is 2. The van der Waals surface area contributed by atoms with Gasteiger partial charge in [0.2, 0.25) is 11.8 Å². The van der Waals surface area contributed by atoms with Crippen LogP contribution in [0.1, 0.15) is 77.6 Å². The highest BCUT2D eigenvalue weighted by atomic mass is 35.5. The summed E-state index contributed by atoms with van der Waals surface area (Å²) < 4.78 is 10.2. The molecule has 16 heteroatoms. The van der Waals surface area contributed by atoms with E-state index >= 15 is 0 Å². The van der Waals surface area contributed by atoms with Crippen LogP contribution in [0.25, 0.3) is 33.6 Å². The number of carbonyl (C=O) groups is 4. The zero-order valence-electron chi connectivity index (χ0n) is 33.9. The van der Waals surface area contributed by atoms with Gasteiger partial charge in [-0.2, -0.15) is 0 Å². The molecule has 5 N–H and O–H groups in total. The number of ether oxygens (including phenoxy) is 2. The maximum atomic E-state index is 13.8. The van der Waals surface area contributed by atoms with Crippen LogP contribution in [0.15, 0.2) is 54.7 Å². The summed E-state index contributed by atoms with van der Waals surface area (Å²) in [5, 5.41) is 14.8. The maximum absolute atomic E-state index is 13.8. The second kappa shape index (κ2) is 18.0. The monoisotopic (exact) mass is 816 g/mol. The standard InChI is InChI=1S/C42H53ClN8O7/c1-22(2)33(47-41(54)55)39(52)50-20-25(21-57-6)18-32(50)37-44-19-30(45-37)28-13-9-26(10-14-28)27-11-15-29(16-12-27)35-36(43)49-38(46-35)31-17-8-24(5)51(31)40(53)34(23(3)4)48-42(56)58-7/h9-16,19,22-25,31-34,47H,8,17-18,20-21H2,1-7H3,(H,44,45)(H,46,49)(H,48,56)(H,54,55)/t24?,25-,31-,32-,33-,34+/m0/s1. The molecule has 4 amide bonds. The number of hydrogen-bond acceptors (Lipinski definition) is 8. The van der Waals surface area contributed by atoms with Gasteiger partial charge in [0.05, 0.1) is 43.4 Å². The molecule has 4 heterocycles. The molecule has 310 valence electrons. The molecule has 2 aromatic carbocycles. The number of nitrogens with zero attached hydrogens (tertiary/aromatic N) is 4. The van der Waals surface area contributed by atoms with E-state index in [-0.39, 0.29) is 47.7 Å². The molecule has 2 aromatic heterocycles. The lowest BCUT2D eigenvalue weighted by Crippen LogP contribution is -2.52. The quantitative estimate of drug-likeness (QED) is 0.0940. The lowest BCUT2D eigenvalue weighted by Gasteiger charge is -2.32. The molecular formula is C42H53ClN8O7. The molecule has 0 spiro atoms. The molecule has 0 radical (unpaired) electrons. The van der Waals surface area contributed by atoms with Crippen molar-refractivity contribution in [1.82, 2.24) is 40.4 Å². The number of methoxy groups -OCH3 is 2. The first-order valence-corrected chi connectivity index (χ1v) is 20.0. The van der Waals surface area contributed by atoms with Gasteiger partial charge in [0, 0.05) is 31.2 Å². The number of aromatic nitrogens is 4. The smallest absolute Gasteiger partial charge is 0.407 e. The van der Waals surface area contributed by atoms with Gasteiger partial charge >= 0.3 is 12.2 Å². The Morgan fingerprint density at radius 1 is 0.845 bits per heavy atom. The number of hydrogen-bond donors (Lipinski definition) is 5. The van der Waals surface area contributed by atoms with Crippen molar-refractivity contribution < 1.29 is 33.8 Å². The number of aromatic amines is 2. The lowest BCUT2D eigenvalue weighted by atomic mass is 10.0. The van der Waals surface area contributed by atoms with Crippen molar-refractivity contribution in [2.45, 2.75) is 84.1 Å². The van der Waals surface area contributed by atoms with Crippen LogP contribution >= 0.6 is 11.6 Å². The number of imidazole rings is 2. The summed E-state index contributed by atoms with van der Waals surface area (Å²) in [5.41, 5.74) is 5.21. The zero-order chi connectivity index (χ0) is 41.8. The largest absolute Gasteiger partial charge is 0.465 e. The Morgan fingerprint density at radius 2 is 1.45 bits per heavy atom. The van der Waals surface area contributed by atoms with Crippen LogP contribution in [-0.4, -0.2) is 104 Å². The van der Waals surface area contributed by atoms with Crippen LogP contribution in [0.3, 0.4) is 0 Å². The Kier molecular flexibility index (Phi) is 13.1. The van der Waals surface area contributed by atoms with Crippen molar-refractivity contribution in [2.75, 3.05) is 27.4 Å². The molecule has 4 aromatic rings. The molecule has 2 aliphatic heterocycles. The van der Waals surface area contributed by atoms with Crippen molar-refractivity contribution in [3.8, 4) is 33.6 Å². The SMILES string of the molecule is COC[C@H]1C[C@@H](c2ncc(-c3ccc(-c4ccc(-c5[nH]c([C@@H]6CCC(C)N6C(=O)[C@H](NC(=O)OC)C(C)C)nc5Cl)cc4)cc3)[nH]2)N(C(=O)[C@@H](NC(=O)O)C(C)C)C1. The lowest BCUT2D eigenvalue weighted by molar-refractivity contribution is -0.137. The Hall–Kier alpha value is -5.41. The third kappa shape index (κ3) is 9.00. The molecule has 6 rings (SSSR count). The van der Waals surface area contributed by atoms with Crippen LogP contribution < -0.4 is 10.6 Å². The van der Waals surface area contributed by atoms with E-state index in [1.807, 2.05) is 83.1 Å². The molecule has 58 heavy (non-hydrogen) atoms. The fourth-order valence-corrected chi connectivity index (χ4v) is 8.38. The highest BCUT2D eigenvalue weighted by Gasteiger charge is 2.43. The van der Waals surface area contributed by atoms with E-state index in [1.54, 1.807) is 23.1 Å². The van der Waals surface area contributed by atoms with Gasteiger partial charge in [0.15, 0.2) is 5.15 Å². The van der Waals surface area contributed by atoms with Crippen molar-refractivity contribution in [3.05, 3.63) is 71.5 Å². The molecule has 0 saturated carbocycles. The fraction of sp³-hybridized carbons (Fsp3) is 0.476. The Morgan fingerprint density at radius 3 is 2.03 bits per heavy atom.